The van der Waals surface area contributed by atoms with Crippen LogP contribution in [-0.4, -0.2) is 0 Å². The number of hydrogen-bond donors (Lipinski definition) is 0. The minimum Gasteiger partial charge on any atom is -0.214 e. The third kappa shape index (κ3) is 4.03. The molecule has 0 unspecified atom stereocenters. The second kappa shape index (κ2) is 5.63. The minimum absolute atomic E-state index is 0.562. The Labute approximate surface area is 59.1 Å². The molecule has 0 atom stereocenters. The quantitative estimate of drug-likeness (QED) is 0.548. The molecular formula is C7H9FS. The predicted octanol–water partition coefficient (Wildman–Crippen LogP) is 3.25. The Morgan fingerprint density at radius 3 is 2.67 bits per heavy atom. The average molecular weight is 144 g/mol. The maximum atomic E-state index is 11.7. The first-order chi connectivity index (χ1) is 4.35. The first-order valence-electron chi connectivity index (χ1n) is 2.55. The number of allylic oxidation sites excluding steroid dienone is 2. The van der Waals surface area contributed by atoms with Gasteiger partial charge >= 0.3 is 0 Å². The Balaban J connectivity index is 3.84. The van der Waals surface area contributed by atoms with Gasteiger partial charge < -0.3 is 0 Å². The van der Waals surface area contributed by atoms with Crippen LogP contribution >= 0.6 is 11.8 Å². The molecule has 0 saturated carbocycles. The van der Waals surface area contributed by atoms with Gasteiger partial charge in [-0.1, -0.05) is 30.5 Å². The normalized spacial score (nSPS) is 12.4. The second-order valence-electron chi connectivity index (χ2n) is 1.30. The molecule has 0 aliphatic rings. The highest BCUT2D eigenvalue weighted by molar-refractivity contribution is 8.06. The summed E-state index contributed by atoms with van der Waals surface area (Å²) in [7, 11) is 0. The molecule has 0 bridgehead atoms. The summed E-state index contributed by atoms with van der Waals surface area (Å²) >= 11 is 1.26. The van der Waals surface area contributed by atoms with Crippen molar-refractivity contribution in [3.63, 3.8) is 0 Å². The highest BCUT2D eigenvalue weighted by atomic mass is 32.2. The van der Waals surface area contributed by atoms with Crippen LogP contribution in [0.3, 0.4) is 0 Å². The fourth-order valence-electron chi connectivity index (χ4n) is 0.362. The first kappa shape index (κ1) is 8.50. The Hall–Kier alpha value is -0.500. The van der Waals surface area contributed by atoms with Crippen LogP contribution in [0.25, 0.3) is 0 Å². The number of thioether (sulfide) groups is 1. The molecule has 0 aromatic carbocycles. The van der Waals surface area contributed by atoms with E-state index in [2.05, 4.69) is 6.58 Å². The Kier molecular flexibility index (Phi) is 5.32. The van der Waals surface area contributed by atoms with E-state index in [9.17, 15) is 4.39 Å². The molecule has 0 radical (unpaired) electrons. The van der Waals surface area contributed by atoms with Gasteiger partial charge in [0.2, 0.25) is 0 Å². The van der Waals surface area contributed by atoms with E-state index in [-0.39, 0.29) is 0 Å². The monoisotopic (exact) mass is 144 g/mol. The van der Waals surface area contributed by atoms with Crippen LogP contribution < -0.4 is 0 Å². The number of rotatable bonds is 3. The molecule has 0 saturated heterocycles. The van der Waals surface area contributed by atoms with Gasteiger partial charge in [0.25, 0.3) is 0 Å². The molecule has 0 aliphatic heterocycles. The van der Waals surface area contributed by atoms with Crippen molar-refractivity contribution in [3.05, 3.63) is 35.4 Å². The highest BCUT2D eigenvalue weighted by Gasteiger charge is 1.85. The molecular weight excluding hydrogens is 135 g/mol. The van der Waals surface area contributed by atoms with Gasteiger partial charge in [-0.05, 0) is 12.3 Å². The van der Waals surface area contributed by atoms with Crippen molar-refractivity contribution in [2.24, 2.45) is 0 Å². The van der Waals surface area contributed by atoms with Crippen LogP contribution in [0, 0.1) is 0 Å². The van der Waals surface area contributed by atoms with E-state index in [0.717, 1.165) is 0 Å². The fourth-order valence-corrected chi connectivity index (χ4v) is 0.820. The summed E-state index contributed by atoms with van der Waals surface area (Å²) in [6, 6.07) is 0. The zero-order chi connectivity index (χ0) is 7.11. The lowest BCUT2D eigenvalue weighted by Crippen LogP contribution is -1.61. The maximum absolute atomic E-state index is 11.7. The van der Waals surface area contributed by atoms with Crippen molar-refractivity contribution in [1.82, 2.24) is 0 Å². The average Bonchev–Trinajstić information content (AvgIpc) is 1.88. The van der Waals surface area contributed by atoms with E-state index in [1.54, 1.807) is 17.6 Å². The Bertz CT molecular complexity index is 136. The molecule has 0 heterocycles. The lowest BCUT2D eigenvalue weighted by molar-refractivity contribution is 0.719. The van der Waals surface area contributed by atoms with Gasteiger partial charge in [-0.2, -0.15) is 0 Å². The summed E-state index contributed by atoms with van der Waals surface area (Å²) < 4.78 is 11.7. The topological polar surface area (TPSA) is 0 Å². The molecule has 0 fully saturated rings. The summed E-state index contributed by atoms with van der Waals surface area (Å²) in [5, 5.41) is 1.59. The zero-order valence-electron chi connectivity index (χ0n) is 5.30. The van der Waals surface area contributed by atoms with E-state index < -0.39 is 0 Å². The molecule has 9 heavy (non-hydrogen) atoms. The van der Waals surface area contributed by atoms with E-state index in [0.29, 0.717) is 11.2 Å². The molecule has 2 heteroatoms. The van der Waals surface area contributed by atoms with Gasteiger partial charge in [-0.3, -0.25) is 0 Å². The predicted molar refractivity (Wildman–Crippen MR) is 41.8 cm³/mol. The maximum Gasteiger partial charge on any atom is 0.101 e. The Morgan fingerprint density at radius 1 is 1.67 bits per heavy atom. The smallest absolute Gasteiger partial charge is 0.101 e. The SMILES string of the molecule is C=CSC(/C=C/C)=C/F. The molecule has 0 nitrogen and oxygen atoms in total. The van der Waals surface area contributed by atoms with Crippen LogP contribution in [-0.2, 0) is 0 Å². The molecule has 0 amide bonds. The summed E-state index contributed by atoms with van der Waals surface area (Å²) in [5.41, 5.74) is 0. The summed E-state index contributed by atoms with van der Waals surface area (Å²) in [6.45, 7) is 5.29. The van der Waals surface area contributed by atoms with Gasteiger partial charge in [0.15, 0.2) is 0 Å². The summed E-state index contributed by atoms with van der Waals surface area (Å²) in [4.78, 5) is 0.576. The molecule has 0 aliphatic carbocycles. The summed E-state index contributed by atoms with van der Waals surface area (Å²) in [6.07, 6.45) is 4.03. The van der Waals surface area contributed by atoms with Crippen molar-refractivity contribution in [2.45, 2.75) is 6.92 Å². The highest BCUT2D eigenvalue weighted by Crippen LogP contribution is 2.16. The van der Waals surface area contributed by atoms with Crippen molar-refractivity contribution in [3.8, 4) is 0 Å². The second-order valence-corrected chi connectivity index (χ2v) is 2.34. The molecule has 0 rings (SSSR count). The third-order valence-corrected chi connectivity index (χ3v) is 1.32. The number of halogens is 1. The number of hydrogen-bond acceptors (Lipinski definition) is 1. The van der Waals surface area contributed by atoms with Crippen LogP contribution in [0.5, 0.6) is 0 Å². The van der Waals surface area contributed by atoms with Crippen molar-refractivity contribution in [2.75, 3.05) is 0 Å². The largest absolute Gasteiger partial charge is 0.214 e. The minimum atomic E-state index is 0.562. The van der Waals surface area contributed by atoms with E-state index in [4.69, 9.17) is 0 Å². The van der Waals surface area contributed by atoms with Crippen LogP contribution in [0.2, 0.25) is 0 Å². The van der Waals surface area contributed by atoms with Gasteiger partial charge in [-0.15, -0.1) is 0 Å². The molecule has 50 valence electrons. The van der Waals surface area contributed by atoms with E-state index in [1.807, 2.05) is 6.92 Å². The molecule has 0 N–H and O–H groups in total. The van der Waals surface area contributed by atoms with Gasteiger partial charge in [0.05, 0.1) is 0 Å². The molecule has 0 spiro atoms. The van der Waals surface area contributed by atoms with E-state index >= 15 is 0 Å². The van der Waals surface area contributed by atoms with Crippen LogP contribution in [0.4, 0.5) is 4.39 Å². The van der Waals surface area contributed by atoms with Gasteiger partial charge in [0, 0.05) is 4.91 Å². The van der Waals surface area contributed by atoms with Crippen molar-refractivity contribution in [1.29, 1.82) is 0 Å². The van der Waals surface area contributed by atoms with Gasteiger partial charge in [0.1, 0.15) is 6.33 Å². The standard InChI is InChI=1S/C7H9FS/c1-3-5-7(6-8)9-4-2/h3-6H,2H2,1H3/b5-3+,7-6+. The zero-order valence-corrected chi connectivity index (χ0v) is 6.12. The van der Waals surface area contributed by atoms with Gasteiger partial charge in [-0.25, -0.2) is 4.39 Å². The Morgan fingerprint density at radius 2 is 2.33 bits per heavy atom. The lowest BCUT2D eigenvalue weighted by atomic mass is 10.5. The fraction of sp³-hybridized carbons (Fsp3) is 0.143. The summed E-state index contributed by atoms with van der Waals surface area (Å²) in [5.74, 6) is 0. The molecule has 0 aromatic rings. The van der Waals surface area contributed by atoms with Crippen molar-refractivity contribution < 1.29 is 4.39 Å². The van der Waals surface area contributed by atoms with Crippen molar-refractivity contribution >= 4 is 11.8 Å². The lowest BCUT2D eigenvalue weighted by Gasteiger charge is -1.88. The van der Waals surface area contributed by atoms with E-state index in [1.165, 1.54) is 11.8 Å². The van der Waals surface area contributed by atoms with Crippen LogP contribution in [0.1, 0.15) is 6.92 Å². The first-order valence-corrected chi connectivity index (χ1v) is 3.43. The van der Waals surface area contributed by atoms with Crippen LogP contribution in [0.15, 0.2) is 35.4 Å². The third-order valence-electron chi connectivity index (χ3n) is 0.658. The molecule has 0 aromatic heterocycles.